The molecule has 5 nitrogen and oxygen atoms in total. The molecule has 0 aliphatic heterocycles. The Balaban J connectivity index is 1.71. The third-order valence-corrected chi connectivity index (χ3v) is 5.04. The molecule has 0 saturated heterocycles. The number of urea groups is 1. The molecule has 1 unspecified atom stereocenters. The third kappa shape index (κ3) is 5.25. The molecule has 6 heteroatoms. The van der Waals surface area contributed by atoms with Gasteiger partial charge in [0, 0.05) is 17.8 Å². The number of thiazole rings is 1. The van der Waals surface area contributed by atoms with Crippen LogP contribution in [0.5, 0.6) is 0 Å². The molecule has 0 radical (unpaired) electrons. The van der Waals surface area contributed by atoms with Crippen LogP contribution in [-0.2, 0) is 19.3 Å². The molecule has 0 saturated carbocycles. The molecule has 124 valence electrons. The molecule has 1 aromatic heterocycles. The number of aromatic nitrogens is 1. The normalized spacial score (nSPS) is 15.5. The van der Waals surface area contributed by atoms with Crippen molar-refractivity contribution in [3.05, 3.63) is 15.6 Å². The minimum absolute atomic E-state index is 0.0230. The van der Waals surface area contributed by atoms with Crippen LogP contribution in [0.15, 0.2) is 0 Å². The number of hydrogen-bond acceptors (Lipinski definition) is 4. The maximum absolute atomic E-state index is 11.8. The van der Waals surface area contributed by atoms with Crippen LogP contribution in [0.2, 0.25) is 0 Å². The lowest BCUT2D eigenvalue weighted by Crippen LogP contribution is -2.44. The predicted molar refractivity (Wildman–Crippen MR) is 89.3 cm³/mol. The molecule has 1 aromatic rings. The average molecular weight is 325 g/mol. The standard InChI is InChI=1S/C16H27N3O2S/c1-11(2)9-12(10-20)18-16(21)17-8-7-15-19-13-5-3-4-6-14(13)22-15/h11-12,20H,3-10H2,1-2H3,(H2,17,18,21). The summed E-state index contributed by atoms with van der Waals surface area (Å²) < 4.78 is 0. The van der Waals surface area contributed by atoms with Gasteiger partial charge in [0.25, 0.3) is 0 Å². The number of nitrogens with one attached hydrogen (secondary N) is 2. The SMILES string of the molecule is CC(C)CC(CO)NC(=O)NCCc1nc2c(s1)CCCC2. The zero-order chi connectivity index (χ0) is 15.9. The Bertz CT molecular complexity index is 464. The fourth-order valence-corrected chi connectivity index (χ4v) is 3.94. The first-order valence-corrected chi connectivity index (χ1v) is 9.02. The van der Waals surface area contributed by atoms with E-state index in [-0.39, 0.29) is 18.7 Å². The average Bonchev–Trinajstić information content (AvgIpc) is 2.88. The second kappa shape index (κ2) is 8.48. The fraction of sp³-hybridized carbons (Fsp3) is 0.750. The number of carbonyl (C=O) groups is 1. The van der Waals surface area contributed by atoms with E-state index in [1.807, 2.05) is 0 Å². The van der Waals surface area contributed by atoms with Gasteiger partial charge in [-0.3, -0.25) is 0 Å². The molecule has 0 bridgehead atoms. The van der Waals surface area contributed by atoms with Gasteiger partial charge in [0.2, 0.25) is 0 Å². The zero-order valence-electron chi connectivity index (χ0n) is 13.5. The second-order valence-electron chi connectivity index (χ2n) is 6.34. The van der Waals surface area contributed by atoms with Crippen molar-refractivity contribution in [2.24, 2.45) is 5.92 Å². The summed E-state index contributed by atoms with van der Waals surface area (Å²) in [5.41, 5.74) is 1.27. The maximum atomic E-state index is 11.8. The van der Waals surface area contributed by atoms with Gasteiger partial charge >= 0.3 is 6.03 Å². The first-order chi connectivity index (χ1) is 10.6. The van der Waals surface area contributed by atoms with Crippen LogP contribution in [0, 0.1) is 5.92 Å². The molecule has 1 aliphatic rings. The molecule has 1 heterocycles. The summed E-state index contributed by atoms with van der Waals surface area (Å²) in [5, 5.41) is 16.1. The van der Waals surface area contributed by atoms with E-state index in [1.165, 1.54) is 23.4 Å². The van der Waals surface area contributed by atoms with E-state index in [4.69, 9.17) is 0 Å². The van der Waals surface area contributed by atoms with Crippen LogP contribution >= 0.6 is 11.3 Å². The lowest BCUT2D eigenvalue weighted by molar-refractivity contribution is 0.207. The highest BCUT2D eigenvalue weighted by atomic mass is 32.1. The number of rotatable bonds is 7. The number of fused-ring (bicyclic) bond motifs is 1. The Labute approximate surface area is 136 Å². The predicted octanol–water partition coefficient (Wildman–Crippen LogP) is 2.27. The maximum Gasteiger partial charge on any atom is 0.315 e. The Hall–Kier alpha value is -1.14. The van der Waals surface area contributed by atoms with Gasteiger partial charge in [-0.2, -0.15) is 0 Å². The van der Waals surface area contributed by atoms with Gasteiger partial charge in [0.05, 0.1) is 23.4 Å². The van der Waals surface area contributed by atoms with Gasteiger partial charge in [-0.05, 0) is 38.0 Å². The van der Waals surface area contributed by atoms with Crippen LogP contribution in [-0.4, -0.2) is 35.3 Å². The Morgan fingerprint density at radius 3 is 2.82 bits per heavy atom. The lowest BCUT2D eigenvalue weighted by Gasteiger charge is -2.18. The molecule has 22 heavy (non-hydrogen) atoms. The molecule has 2 rings (SSSR count). The number of aliphatic hydroxyl groups excluding tert-OH is 1. The lowest BCUT2D eigenvalue weighted by atomic mass is 10.0. The van der Waals surface area contributed by atoms with Crippen molar-refractivity contribution in [1.29, 1.82) is 0 Å². The largest absolute Gasteiger partial charge is 0.394 e. The first kappa shape index (κ1) is 17.2. The van der Waals surface area contributed by atoms with Gasteiger partial charge < -0.3 is 15.7 Å². The van der Waals surface area contributed by atoms with Crippen molar-refractivity contribution in [1.82, 2.24) is 15.6 Å². The zero-order valence-corrected chi connectivity index (χ0v) is 14.3. The summed E-state index contributed by atoms with van der Waals surface area (Å²) in [6, 6.07) is -0.381. The van der Waals surface area contributed by atoms with Gasteiger partial charge in [-0.15, -0.1) is 11.3 Å². The number of carbonyl (C=O) groups excluding carboxylic acids is 1. The molecular formula is C16H27N3O2S. The molecule has 2 amide bonds. The Kier molecular flexibility index (Phi) is 6.64. The van der Waals surface area contributed by atoms with Gasteiger partial charge in [-0.25, -0.2) is 9.78 Å². The van der Waals surface area contributed by atoms with Crippen LogP contribution in [0.25, 0.3) is 0 Å². The van der Waals surface area contributed by atoms with Crippen molar-refractivity contribution >= 4 is 17.4 Å². The summed E-state index contributed by atoms with van der Waals surface area (Å²) in [6.45, 7) is 4.71. The molecule has 0 fully saturated rings. The molecule has 0 aromatic carbocycles. The van der Waals surface area contributed by atoms with Crippen molar-refractivity contribution in [3.63, 3.8) is 0 Å². The van der Waals surface area contributed by atoms with E-state index in [9.17, 15) is 9.90 Å². The van der Waals surface area contributed by atoms with Gasteiger partial charge in [0.15, 0.2) is 0 Å². The highest BCUT2D eigenvalue weighted by molar-refractivity contribution is 7.11. The highest BCUT2D eigenvalue weighted by Gasteiger charge is 2.15. The number of aryl methyl sites for hydroxylation is 2. The molecule has 1 atom stereocenters. The number of hydrogen-bond donors (Lipinski definition) is 3. The third-order valence-electron chi connectivity index (χ3n) is 3.83. The number of amides is 2. The van der Waals surface area contributed by atoms with E-state index < -0.39 is 0 Å². The van der Waals surface area contributed by atoms with Crippen molar-refractivity contribution in [2.75, 3.05) is 13.2 Å². The molecule has 0 spiro atoms. The van der Waals surface area contributed by atoms with E-state index in [0.717, 1.165) is 30.7 Å². The molecule has 1 aliphatic carbocycles. The van der Waals surface area contributed by atoms with Crippen LogP contribution in [0.4, 0.5) is 4.79 Å². The minimum atomic E-state index is -0.207. The van der Waals surface area contributed by atoms with Crippen molar-refractivity contribution < 1.29 is 9.90 Å². The van der Waals surface area contributed by atoms with Crippen molar-refractivity contribution in [2.45, 2.75) is 58.4 Å². The number of nitrogens with zero attached hydrogens (tertiary/aromatic N) is 1. The Morgan fingerprint density at radius 2 is 2.14 bits per heavy atom. The number of aliphatic hydroxyl groups is 1. The summed E-state index contributed by atoms with van der Waals surface area (Å²) in [4.78, 5) is 17.9. The monoisotopic (exact) mass is 325 g/mol. The second-order valence-corrected chi connectivity index (χ2v) is 7.51. The van der Waals surface area contributed by atoms with Crippen LogP contribution in [0.1, 0.15) is 48.7 Å². The summed E-state index contributed by atoms with van der Waals surface area (Å²) in [7, 11) is 0. The van der Waals surface area contributed by atoms with E-state index >= 15 is 0 Å². The molecule has 3 N–H and O–H groups in total. The summed E-state index contributed by atoms with van der Waals surface area (Å²) in [6.07, 6.45) is 6.34. The van der Waals surface area contributed by atoms with Crippen LogP contribution in [0.3, 0.4) is 0 Å². The smallest absolute Gasteiger partial charge is 0.315 e. The molecular weight excluding hydrogens is 298 g/mol. The topological polar surface area (TPSA) is 74.2 Å². The van der Waals surface area contributed by atoms with Gasteiger partial charge in [0.1, 0.15) is 0 Å². The van der Waals surface area contributed by atoms with Crippen LogP contribution < -0.4 is 10.6 Å². The summed E-state index contributed by atoms with van der Waals surface area (Å²) >= 11 is 1.79. The minimum Gasteiger partial charge on any atom is -0.394 e. The summed E-state index contributed by atoms with van der Waals surface area (Å²) in [5.74, 6) is 0.444. The quantitative estimate of drug-likeness (QED) is 0.720. The first-order valence-electron chi connectivity index (χ1n) is 8.21. The van der Waals surface area contributed by atoms with E-state index in [1.54, 1.807) is 11.3 Å². The fourth-order valence-electron chi connectivity index (χ4n) is 2.78. The van der Waals surface area contributed by atoms with Crippen molar-refractivity contribution in [3.8, 4) is 0 Å². The van der Waals surface area contributed by atoms with E-state index in [2.05, 4.69) is 29.5 Å². The Morgan fingerprint density at radius 1 is 1.36 bits per heavy atom. The van der Waals surface area contributed by atoms with E-state index in [0.29, 0.717) is 12.5 Å². The highest BCUT2D eigenvalue weighted by Crippen LogP contribution is 2.26. The van der Waals surface area contributed by atoms with Gasteiger partial charge in [-0.1, -0.05) is 13.8 Å².